The summed E-state index contributed by atoms with van der Waals surface area (Å²) in [4.78, 5) is 36.4. The molecule has 0 bridgehead atoms. The van der Waals surface area contributed by atoms with Crippen LogP contribution in [0.2, 0.25) is 5.02 Å². The van der Waals surface area contributed by atoms with Gasteiger partial charge in [-0.2, -0.15) is 18.4 Å². The summed E-state index contributed by atoms with van der Waals surface area (Å²) in [6, 6.07) is 7.19. The van der Waals surface area contributed by atoms with E-state index in [0.29, 0.717) is 6.07 Å². The quantitative estimate of drug-likeness (QED) is 0.161. The number of nitro benzene ring substituents is 1. The van der Waals surface area contributed by atoms with E-state index in [2.05, 4.69) is 5.32 Å². The second kappa shape index (κ2) is 12.8. The van der Waals surface area contributed by atoms with Gasteiger partial charge in [0.05, 0.1) is 21.6 Å². The lowest BCUT2D eigenvalue weighted by Gasteiger charge is -2.20. The van der Waals surface area contributed by atoms with Crippen LogP contribution in [0, 0.1) is 27.4 Å². The number of amides is 1. The van der Waals surface area contributed by atoms with Gasteiger partial charge in [0.2, 0.25) is 11.7 Å². The van der Waals surface area contributed by atoms with Crippen LogP contribution in [0.5, 0.6) is 17.2 Å². The number of carbonyl (C=O) groups excluding carboxylic acids is 2. The highest BCUT2D eigenvalue weighted by atomic mass is 35.5. The minimum atomic E-state index is -4.62. The SMILES string of the molecule is CC(Oc1cc(Oc2ccc(C(F)(F)F)cc2Cl)ccc1[N+](=O)[O-])C(=O)C(C#N)C(=O)NC1CCCCCC1. The largest absolute Gasteiger partial charge is 0.476 e. The van der Waals surface area contributed by atoms with E-state index in [-0.39, 0.29) is 22.6 Å². The molecule has 208 valence electrons. The smallest absolute Gasteiger partial charge is 0.416 e. The normalized spacial score (nSPS) is 15.8. The van der Waals surface area contributed by atoms with Gasteiger partial charge < -0.3 is 14.8 Å². The van der Waals surface area contributed by atoms with Gasteiger partial charge in [-0.1, -0.05) is 37.3 Å². The number of nitriles is 1. The molecule has 39 heavy (non-hydrogen) atoms. The van der Waals surface area contributed by atoms with Gasteiger partial charge in [-0.15, -0.1) is 0 Å². The predicted octanol–water partition coefficient (Wildman–Crippen LogP) is 6.37. The van der Waals surface area contributed by atoms with Crippen LogP contribution in [-0.4, -0.2) is 28.8 Å². The number of ether oxygens (including phenoxy) is 2. The van der Waals surface area contributed by atoms with E-state index in [1.807, 2.05) is 0 Å². The molecule has 1 N–H and O–H groups in total. The van der Waals surface area contributed by atoms with E-state index in [1.165, 1.54) is 13.0 Å². The van der Waals surface area contributed by atoms with Crippen molar-refractivity contribution in [2.45, 2.75) is 63.8 Å². The molecule has 13 heteroatoms. The second-order valence-corrected chi connectivity index (χ2v) is 9.46. The zero-order valence-electron chi connectivity index (χ0n) is 20.8. The highest BCUT2D eigenvalue weighted by Crippen LogP contribution is 2.39. The molecule has 0 aliphatic heterocycles. The molecule has 3 rings (SSSR count). The predicted molar refractivity (Wildman–Crippen MR) is 133 cm³/mol. The molecule has 2 aromatic rings. The fourth-order valence-corrected chi connectivity index (χ4v) is 4.35. The summed E-state index contributed by atoms with van der Waals surface area (Å²) >= 11 is 5.91. The monoisotopic (exact) mass is 567 g/mol. The Balaban J connectivity index is 1.77. The molecule has 2 atom stereocenters. The van der Waals surface area contributed by atoms with Crippen molar-refractivity contribution in [3.05, 3.63) is 57.1 Å². The van der Waals surface area contributed by atoms with Crippen molar-refractivity contribution >= 4 is 29.0 Å². The second-order valence-electron chi connectivity index (χ2n) is 9.05. The Morgan fingerprint density at radius 1 is 1.13 bits per heavy atom. The van der Waals surface area contributed by atoms with E-state index >= 15 is 0 Å². The van der Waals surface area contributed by atoms with Crippen molar-refractivity contribution < 1.29 is 37.2 Å². The van der Waals surface area contributed by atoms with Gasteiger partial charge in [0.15, 0.2) is 17.8 Å². The van der Waals surface area contributed by atoms with Crippen LogP contribution in [0.1, 0.15) is 51.0 Å². The van der Waals surface area contributed by atoms with E-state index < -0.39 is 51.8 Å². The van der Waals surface area contributed by atoms with E-state index in [4.69, 9.17) is 21.1 Å². The number of ketones is 1. The Kier molecular flexibility index (Phi) is 9.75. The number of nitrogens with zero attached hydrogens (tertiary/aromatic N) is 2. The van der Waals surface area contributed by atoms with E-state index in [9.17, 15) is 38.1 Å². The summed E-state index contributed by atoms with van der Waals surface area (Å²) in [6.45, 7) is 1.25. The number of nitro groups is 1. The number of rotatable bonds is 9. The molecule has 1 saturated carbocycles. The van der Waals surface area contributed by atoms with Crippen LogP contribution in [0.25, 0.3) is 0 Å². The molecule has 1 amide bonds. The highest BCUT2D eigenvalue weighted by molar-refractivity contribution is 6.32. The van der Waals surface area contributed by atoms with Crippen LogP contribution in [-0.2, 0) is 15.8 Å². The fourth-order valence-electron chi connectivity index (χ4n) is 4.13. The molecular formula is C26H25ClF3N3O6. The molecular weight excluding hydrogens is 543 g/mol. The van der Waals surface area contributed by atoms with Crippen molar-refractivity contribution in [1.82, 2.24) is 5.32 Å². The first kappa shape index (κ1) is 29.7. The molecule has 9 nitrogen and oxygen atoms in total. The lowest BCUT2D eigenvalue weighted by molar-refractivity contribution is -0.386. The third-order valence-electron chi connectivity index (χ3n) is 6.20. The number of alkyl halides is 3. The van der Waals surface area contributed by atoms with Crippen molar-refractivity contribution in [1.29, 1.82) is 5.26 Å². The number of Topliss-reactive ketones (excluding diaryl/α,β-unsaturated/α-hetero) is 1. The van der Waals surface area contributed by atoms with Crippen molar-refractivity contribution in [2.24, 2.45) is 5.92 Å². The van der Waals surface area contributed by atoms with Gasteiger partial charge in [0.1, 0.15) is 11.5 Å². The summed E-state index contributed by atoms with van der Waals surface area (Å²) < 4.78 is 49.7. The summed E-state index contributed by atoms with van der Waals surface area (Å²) in [6.07, 6.45) is -0.622. The number of benzene rings is 2. The highest BCUT2D eigenvalue weighted by Gasteiger charge is 2.34. The van der Waals surface area contributed by atoms with Gasteiger partial charge in [-0.05, 0) is 44.0 Å². The minimum Gasteiger partial charge on any atom is -0.476 e. The first-order chi connectivity index (χ1) is 18.4. The molecule has 0 saturated heterocycles. The van der Waals surface area contributed by atoms with Gasteiger partial charge in [-0.25, -0.2) is 0 Å². The molecule has 0 aromatic heterocycles. The first-order valence-corrected chi connectivity index (χ1v) is 12.5. The van der Waals surface area contributed by atoms with Crippen LogP contribution >= 0.6 is 11.6 Å². The standard InChI is InChI=1S/C26H25ClF3N3O6/c1-15(24(34)19(14-31)25(35)32-17-6-4-2-3-5-7-17)38-23-13-18(9-10-21(23)33(36)37)39-22-11-8-16(12-20(22)27)26(28,29)30/h8-13,15,17,19H,2-7H2,1H3,(H,32,35). The lowest BCUT2D eigenvalue weighted by atomic mass is 9.99. The molecule has 2 unspecified atom stereocenters. The number of hydrogen-bond donors (Lipinski definition) is 1. The fraction of sp³-hybridized carbons (Fsp3) is 0.423. The maximum Gasteiger partial charge on any atom is 0.416 e. The zero-order chi connectivity index (χ0) is 28.7. The zero-order valence-corrected chi connectivity index (χ0v) is 21.6. The van der Waals surface area contributed by atoms with Crippen LogP contribution in [0.15, 0.2) is 36.4 Å². The molecule has 0 spiro atoms. The number of nitrogens with one attached hydrogen (secondary N) is 1. The van der Waals surface area contributed by atoms with Crippen LogP contribution in [0.4, 0.5) is 18.9 Å². The topological polar surface area (TPSA) is 132 Å². The summed E-state index contributed by atoms with van der Waals surface area (Å²) in [7, 11) is 0. The van der Waals surface area contributed by atoms with Crippen LogP contribution < -0.4 is 14.8 Å². The average Bonchev–Trinajstić information content (AvgIpc) is 3.13. The maximum atomic E-state index is 12.9. The van der Waals surface area contributed by atoms with Crippen molar-refractivity contribution in [3.8, 4) is 23.3 Å². The van der Waals surface area contributed by atoms with Gasteiger partial charge in [0.25, 0.3) is 0 Å². The lowest BCUT2D eigenvalue weighted by Crippen LogP contribution is -2.44. The Hall–Kier alpha value is -3.85. The third-order valence-corrected chi connectivity index (χ3v) is 6.49. The van der Waals surface area contributed by atoms with E-state index in [1.54, 1.807) is 6.07 Å². The van der Waals surface area contributed by atoms with Crippen molar-refractivity contribution in [3.63, 3.8) is 0 Å². The number of halogens is 4. The van der Waals surface area contributed by atoms with Crippen LogP contribution in [0.3, 0.4) is 0 Å². The Bertz CT molecular complexity index is 1270. The summed E-state index contributed by atoms with van der Waals surface area (Å²) in [5.41, 5.74) is -1.54. The average molecular weight is 568 g/mol. The van der Waals surface area contributed by atoms with Gasteiger partial charge >= 0.3 is 11.9 Å². The summed E-state index contributed by atoms with van der Waals surface area (Å²) in [5.74, 6) is -3.99. The minimum absolute atomic E-state index is 0.0835. The molecule has 2 aromatic carbocycles. The molecule has 1 aliphatic carbocycles. The van der Waals surface area contributed by atoms with Gasteiger partial charge in [0, 0.05) is 18.2 Å². The number of carbonyl (C=O) groups is 2. The molecule has 0 radical (unpaired) electrons. The summed E-state index contributed by atoms with van der Waals surface area (Å²) in [5, 5.41) is 23.4. The van der Waals surface area contributed by atoms with Crippen molar-refractivity contribution in [2.75, 3.05) is 0 Å². The maximum absolute atomic E-state index is 12.9. The molecule has 1 fully saturated rings. The van der Waals surface area contributed by atoms with Gasteiger partial charge in [-0.3, -0.25) is 19.7 Å². The Morgan fingerprint density at radius 3 is 2.36 bits per heavy atom. The van der Waals surface area contributed by atoms with E-state index in [0.717, 1.165) is 62.8 Å². The molecule has 1 aliphatic rings. The number of hydrogen-bond acceptors (Lipinski definition) is 7. The Labute approximate surface area is 227 Å². The Morgan fingerprint density at radius 2 is 1.79 bits per heavy atom. The molecule has 0 heterocycles. The third kappa shape index (κ3) is 7.83. The first-order valence-electron chi connectivity index (χ1n) is 12.1.